The van der Waals surface area contributed by atoms with Gasteiger partial charge >= 0.3 is 0 Å². The topological polar surface area (TPSA) is 59.6 Å². The molecular weight excluding hydrogens is 292 g/mol. The first-order chi connectivity index (χ1) is 11.2. The van der Waals surface area contributed by atoms with Gasteiger partial charge in [0.15, 0.2) is 0 Å². The predicted molar refractivity (Wildman–Crippen MR) is 92.3 cm³/mol. The van der Waals surface area contributed by atoms with E-state index in [0.717, 1.165) is 11.4 Å². The lowest BCUT2D eigenvalue weighted by molar-refractivity contribution is -0.116. The summed E-state index contributed by atoms with van der Waals surface area (Å²) < 4.78 is 10.8. The number of ether oxygens (including phenoxy) is 2. The summed E-state index contributed by atoms with van der Waals surface area (Å²) in [5.74, 6) is 1.20. The number of methoxy groups -OCH3 is 1. The standard InChI is InChI=1S/C18H22N2O3/c1-4-23-17-12-8-6-10-15(17)19-13(2)18(21)20-14-9-5-7-11-16(14)22-3/h5-13,19H,4H2,1-3H3,(H,20,21). The van der Waals surface area contributed by atoms with Crippen molar-refractivity contribution in [3.8, 4) is 11.5 Å². The van der Waals surface area contributed by atoms with E-state index < -0.39 is 6.04 Å². The normalized spacial score (nSPS) is 11.4. The molecule has 0 saturated heterocycles. The Morgan fingerprint density at radius 3 is 2.30 bits per heavy atom. The maximum absolute atomic E-state index is 12.4. The quantitative estimate of drug-likeness (QED) is 0.821. The second kappa shape index (κ2) is 8.08. The Labute approximate surface area is 136 Å². The van der Waals surface area contributed by atoms with Crippen molar-refractivity contribution in [3.05, 3.63) is 48.5 Å². The Morgan fingerprint density at radius 2 is 1.65 bits per heavy atom. The zero-order chi connectivity index (χ0) is 16.7. The molecular formula is C18H22N2O3. The lowest BCUT2D eigenvalue weighted by atomic mass is 10.2. The predicted octanol–water partition coefficient (Wildman–Crippen LogP) is 3.53. The second-order valence-electron chi connectivity index (χ2n) is 4.98. The van der Waals surface area contributed by atoms with Gasteiger partial charge < -0.3 is 20.1 Å². The van der Waals surface area contributed by atoms with Crippen molar-refractivity contribution in [2.45, 2.75) is 19.9 Å². The summed E-state index contributed by atoms with van der Waals surface area (Å²) in [7, 11) is 1.57. The minimum Gasteiger partial charge on any atom is -0.495 e. The number of hydrogen-bond acceptors (Lipinski definition) is 4. The Balaban J connectivity index is 2.06. The molecule has 0 radical (unpaired) electrons. The van der Waals surface area contributed by atoms with Gasteiger partial charge in [-0.05, 0) is 38.1 Å². The highest BCUT2D eigenvalue weighted by atomic mass is 16.5. The fraction of sp³-hybridized carbons (Fsp3) is 0.278. The molecule has 0 aliphatic heterocycles. The van der Waals surface area contributed by atoms with Crippen LogP contribution in [-0.2, 0) is 4.79 Å². The van der Waals surface area contributed by atoms with E-state index in [-0.39, 0.29) is 5.91 Å². The van der Waals surface area contributed by atoms with Crippen LogP contribution in [0.3, 0.4) is 0 Å². The van der Waals surface area contributed by atoms with E-state index in [1.807, 2.05) is 43.3 Å². The van der Waals surface area contributed by atoms with Crippen LogP contribution in [0.25, 0.3) is 0 Å². The summed E-state index contributed by atoms with van der Waals surface area (Å²) in [4.78, 5) is 12.4. The summed E-state index contributed by atoms with van der Waals surface area (Å²) >= 11 is 0. The van der Waals surface area contributed by atoms with Gasteiger partial charge in [0.25, 0.3) is 0 Å². The van der Waals surface area contributed by atoms with Gasteiger partial charge in [-0.3, -0.25) is 4.79 Å². The van der Waals surface area contributed by atoms with Crippen LogP contribution in [-0.4, -0.2) is 25.7 Å². The van der Waals surface area contributed by atoms with Crippen molar-refractivity contribution >= 4 is 17.3 Å². The van der Waals surface area contributed by atoms with Crippen molar-refractivity contribution in [2.75, 3.05) is 24.4 Å². The van der Waals surface area contributed by atoms with Gasteiger partial charge in [-0.15, -0.1) is 0 Å². The molecule has 5 nitrogen and oxygen atoms in total. The molecule has 2 rings (SSSR count). The monoisotopic (exact) mass is 314 g/mol. The Bertz CT molecular complexity index is 658. The van der Waals surface area contributed by atoms with Gasteiger partial charge in [0.1, 0.15) is 17.5 Å². The number of rotatable bonds is 7. The van der Waals surface area contributed by atoms with Gasteiger partial charge in [0, 0.05) is 0 Å². The number of para-hydroxylation sites is 4. The smallest absolute Gasteiger partial charge is 0.246 e. The third-order valence-electron chi connectivity index (χ3n) is 3.32. The van der Waals surface area contributed by atoms with E-state index in [1.165, 1.54) is 0 Å². The molecule has 2 aromatic rings. The first-order valence-corrected chi connectivity index (χ1v) is 7.58. The van der Waals surface area contributed by atoms with Crippen molar-refractivity contribution in [2.24, 2.45) is 0 Å². The fourth-order valence-corrected chi connectivity index (χ4v) is 2.15. The van der Waals surface area contributed by atoms with E-state index in [1.54, 1.807) is 26.2 Å². The molecule has 0 aliphatic rings. The largest absolute Gasteiger partial charge is 0.495 e. The van der Waals surface area contributed by atoms with E-state index >= 15 is 0 Å². The number of hydrogen-bond donors (Lipinski definition) is 2. The summed E-state index contributed by atoms with van der Waals surface area (Å²) in [6, 6.07) is 14.4. The molecule has 0 fully saturated rings. The van der Waals surface area contributed by atoms with Gasteiger partial charge in [0.2, 0.25) is 5.91 Å². The molecule has 23 heavy (non-hydrogen) atoms. The first kappa shape index (κ1) is 16.7. The molecule has 0 heterocycles. The minimum absolute atomic E-state index is 0.152. The molecule has 2 aromatic carbocycles. The van der Waals surface area contributed by atoms with Gasteiger partial charge in [0.05, 0.1) is 25.1 Å². The summed E-state index contributed by atoms with van der Waals surface area (Å²) in [6.45, 7) is 4.29. The first-order valence-electron chi connectivity index (χ1n) is 7.58. The van der Waals surface area contributed by atoms with E-state index in [9.17, 15) is 4.79 Å². The Kier molecular flexibility index (Phi) is 5.86. The van der Waals surface area contributed by atoms with Crippen molar-refractivity contribution in [3.63, 3.8) is 0 Å². The van der Waals surface area contributed by atoms with Crippen LogP contribution >= 0.6 is 0 Å². The van der Waals surface area contributed by atoms with E-state index in [2.05, 4.69) is 10.6 Å². The highest BCUT2D eigenvalue weighted by Gasteiger charge is 2.16. The van der Waals surface area contributed by atoms with Crippen LogP contribution < -0.4 is 20.1 Å². The highest BCUT2D eigenvalue weighted by molar-refractivity contribution is 5.97. The maximum atomic E-state index is 12.4. The lowest BCUT2D eigenvalue weighted by Gasteiger charge is -2.18. The van der Waals surface area contributed by atoms with Gasteiger partial charge in [-0.2, -0.15) is 0 Å². The van der Waals surface area contributed by atoms with Crippen molar-refractivity contribution in [1.82, 2.24) is 0 Å². The maximum Gasteiger partial charge on any atom is 0.246 e. The third kappa shape index (κ3) is 4.39. The fourth-order valence-electron chi connectivity index (χ4n) is 2.15. The van der Waals surface area contributed by atoms with Crippen molar-refractivity contribution in [1.29, 1.82) is 0 Å². The average molecular weight is 314 g/mol. The SMILES string of the molecule is CCOc1ccccc1NC(C)C(=O)Nc1ccccc1OC. The number of nitrogens with one attached hydrogen (secondary N) is 2. The average Bonchev–Trinajstić information content (AvgIpc) is 2.57. The van der Waals surface area contributed by atoms with Crippen LogP contribution in [0, 0.1) is 0 Å². The Hall–Kier alpha value is -2.69. The zero-order valence-electron chi connectivity index (χ0n) is 13.6. The zero-order valence-corrected chi connectivity index (χ0v) is 13.6. The number of amides is 1. The molecule has 0 aromatic heterocycles. The number of carbonyl (C=O) groups is 1. The summed E-state index contributed by atoms with van der Waals surface area (Å²) in [5, 5.41) is 6.04. The third-order valence-corrected chi connectivity index (χ3v) is 3.32. The minimum atomic E-state index is -0.429. The van der Waals surface area contributed by atoms with Crippen LogP contribution in [0.4, 0.5) is 11.4 Å². The van der Waals surface area contributed by atoms with Crippen LogP contribution in [0.15, 0.2) is 48.5 Å². The lowest BCUT2D eigenvalue weighted by Crippen LogP contribution is -2.32. The number of carbonyl (C=O) groups excluding carboxylic acids is 1. The molecule has 122 valence electrons. The second-order valence-corrected chi connectivity index (χ2v) is 4.98. The van der Waals surface area contributed by atoms with Crippen LogP contribution in [0.5, 0.6) is 11.5 Å². The molecule has 0 bridgehead atoms. The highest BCUT2D eigenvalue weighted by Crippen LogP contribution is 2.26. The molecule has 1 unspecified atom stereocenters. The molecule has 2 N–H and O–H groups in total. The summed E-state index contributed by atoms with van der Waals surface area (Å²) in [5.41, 5.74) is 1.43. The molecule has 0 spiro atoms. The molecule has 1 amide bonds. The van der Waals surface area contributed by atoms with E-state index in [4.69, 9.17) is 9.47 Å². The molecule has 0 aliphatic carbocycles. The number of benzene rings is 2. The van der Waals surface area contributed by atoms with E-state index in [0.29, 0.717) is 18.0 Å². The van der Waals surface area contributed by atoms with Gasteiger partial charge in [-0.1, -0.05) is 24.3 Å². The van der Waals surface area contributed by atoms with Crippen LogP contribution in [0.1, 0.15) is 13.8 Å². The molecule has 5 heteroatoms. The number of anilines is 2. The Morgan fingerprint density at radius 1 is 1.04 bits per heavy atom. The molecule has 1 atom stereocenters. The van der Waals surface area contributed by atoms with Crippen molar-refractivity contribution < 1.29 is 14.3 Å². The summed E-state index contributed by atoms with van der Waals surface area (Å²) in [6.07, 6.45) is 0. The molecule has 0 saturated carbocycles. The van der Waals surface area contributed by atoms with Crippen LogP contribution in [0.2, 0.25) is 0 Å². The van der Waals surface area contributed by atoms with Gasteiger partial charge in [-0.25, -0.2) is 0 Å².